The van der Waals surface area contributed by atoms with Gasteiger partial charge in [0, 0.05) is 12.1 Å². The summed E-state index contributed by atoms with van der Waals surface area (Å²) in [4.78, 5) is 0.599. The lowest BCUT2D eigenvalue weighted by molar-refractivity contribution is 0.402. The molecule has 0 spiro atoms. The Balaban J connectivity index is 2.15. The highest BCUT2D eigenvalue weighted by Crippen LogP contribution is 2.24. The van der Waals surface area contributed by atoms with Gasteiger partial charge in [0.2, 0.25) is 0 Å². The summed E-state index contributed by atoms with van der Waals surface area (Å²) in [6.07, 6.45) is 0. The Morgan fingerprint density at radius 1 is 0.955 bits per heavy atom. The van der Waals surface area contributed by atoms with E-state index in [-0.39, 0.29) is 0 Å². The molecule has 22 heavy (non-hydrogen) atoms. The van der Waals surface area contributed by atoms with Crippen molar-refractivity contribution < 1.29 is 14.2 Å². The number of methoxy groups -OCH3 is 3. The van der Waals surface area contributed by atoms with Crippen molar-refractivity contribution in [3.8, 4) is 17.2 Å². The average molecular weight is 317 g/mol. The van der Waals surface area contributed by atoms with E-state index in [9.17, 15) is 0 Å². The zero-order valence-corrected chi connectivity index (χ0v) is 13.7. The Kier molecular flexibility index (Phi) is 5.61. The van der Waals surface area contributed by atoms with Gasteiger partial charge in [-0.25, -0.2) is 0 Å². The summed E-state index contributed by atoms with van der Waals surface area (Å²) >= 11 is 5.47. The van der Waals surface area contributed by atoms with Gasteiger partial charge in [0.25, 0.3) is 0 Å². The summed E-state index contributed by atoms with van der Waals surface area (Å²) in [7, 11) is 4.90. The number of rotatable bonds is 6. The second-order valence-electron chi connectivity index (χ2n) is 4.56. The van der Waals surface area contributed by atoms with E-state index >= 15 is 0 Å². The molecule has 0 radical (unpaired) electrons. The Hall–Kier alpha value is -2.27. The van der Waals surface area contributed by atoms with Crippen LogP contribution in [0.5, 0.6) is 17.2 Å². The predicted molar refractivity (Wildman–Crippen MR) is 91.1 cm³/mol. The summed E-state index contributed by atoms with van der Waals surface area (Å²) in [6.45, 7) is 0.573. The molecule has 5 heteroatoms. The van der Waals surface area contributed by atoms with E-state index in [1.165, 1.54) is 0 Å². The molecule has 0 atom stereocenters. The van der Waals surface area contributed by atoms with Gasteiger partial charge >= 0.3 is 0 Å². The molecule has 0 amide bonds. The first-order valence-corrected chi connectivity index (χ1v) is 7.22. The molecule has 0 bridgehead atoms. The highest BCUT2D eigenvalue weighted by atomic mass is 32.1. The second-order valence-corrected chi connectivity index (χ2v) is 4.97. The molecular formula is C17H19NO3S. The van der Waals surface area contributed by atoms with Gasteiger partial charge < -0.3 is 19.5 Å². The largest absolute Gasteiger partial charge is 0.497 e. The van der Waals surface area contributed by atoms with Crippen LogP contribution in [0.1, 0.15) is 11.1 Å². The topological polar surface area (TPSA) is 39.7 Å². The number of thiocarbonyl (C=S) groups is 1. The van der Waals surface area contributed by atoms with Crippen molar-refractivity contribution in [3.63, 3.8) is 0 Å². The molecule has 2 rings (SSSR count). The third-order valence-electron chi connectivity index (χ3n) is 3.28. The van der Waals surface area contributed by atoms with E-state index < -0.39 is 0 Å². The lowest BCUT2D eigenvalue weighted by Crippen LogP contribution is -2.22. The maximum atomic E-state index is 5.47. The first kappa shape index (κ1) is 16.1. The fourth-order valence-corrected chi connectivity index (χ4v) is 2.34. The van der Waals surface area contributed by atoms with Gasteiger partial charge in [-0.05, 0) is 24.3 Å². The van der Waals surface area contributed by atoms with Crippen molar-refractivity contribution in [1.29, 1.82) is 0 Å². The molecule has 0 aromatic heterocycles. The molecule has 0 fully saturated rings. The van der Waals surface area contributed by atoms with Gasteiger partial charge in [0.1, 0.15) is 22.2 Å². The molecule has 4 nitrogen and oxygen atoms in total. The molecule has 0 heterocycles. The van der Waals surface area contributed by atoms with Gasteiger partial charge in [-0.1, -0.05) is 30.4 Å². The van der Waals surface area contributed by atoms with Crippen LogP contribution >= 0.6 is 12.2 Å². The molecule has 0 saturated heterocycles. The Morgan fingerprint density at radius 2 is 1.68 bits per heavy atom. The van der Waals surface area contributed by atoms with Crippen LogP contribution in [0, 0.1) is 0 Å². The number of hydrogen-bond donors (Lipinski definition) is 1. The van der Waals surface area contributed by atoms with Gasteiger partial charge in [-0.15, -0.1) is 0 Å². The van der Waals surface area contributed by atoms with Gasteiger partial charge in [0.15, 0.2) is 0 Å². The van der Waals surface area contributed by atoms with Crippen LogP contribution in [0.2, 0.25) is 0 Å². The van der Waals surface area contributed by atoms with Crippen molar-refractivity contribution in [3.05, 3.63) is 53.6 Å². The van der Waals surface area contributed by atoms with Crippen LogP contribution in [-0.4, -0.2) is 26.3 Å². The third-order valence-corrected chi connectivity index (χ3v) is 3.65. The quantitative estimate of drug-likeness (QED) is 0.829. The third kappa shape index (κ3) is 3.68. The summed E-state index contributed by atoms with van der Waals surface area (Å²) in [5, 5.41) is 3.23. The molecule has 116 valence electrons. The van der Waals surface area contributed by atoms with E-state index in [1.807, 2.05) is 42.5 Å². The van der Waals surface area contributed by atoms with E-state index in [0.29, 0.717) is 17.3 Å². The zero-order valence-electron chi connectivity index (χ0n) is 12.9. The zero-order chi connectivity index (χ0) is 15.9. The summed E-state index contributed by atoms with van der Waals surface area (Å²) < 4.78 is 15.9. The lowest BCUT2D eigenvalue weighted by atomic mass is 10.1. The average Bonchev–Trinajstić information content (AvgIpc) is 2.59. The van der Waals surface area contributed by atoms with Gasteiger partial charge in [-0.3, -0.25) is 0 Å². The van der Waals surface area contributed by atoms with Crippen molar-refractivity contribution in [1.82, 2.24) is 5.32 Å². The summed E-state index contributed by atoms with van der Waals surface area (Å²) in [5.41, 5.74) is 1.83. The Bertz CT molecular complexity index is 658. The Labute approximate surface area is 136 Å². The first-order chi connectivity index (χ1) is 10.7. The standard InChI is InChI=1S/C17H19NO3S/c1-19-13-8-9-16(21-3)14(10-13)17(22)18-11-12-6-4-5-7-15(12)20-2/h4-10H,11H2,1-3H3,(H,18,22). The van der Waals surface area contributed by atoms with Gasteiger partial charge in [-0.2, -0.15) is 0 Å². The van der Waals surface area contributed by atoms with Crippen molar-refractivity contribution in [2.45, 2.75) is 6.54 Å². The molecule has 0 aliphatic carbocycles. The molecular weight excluding hydrogens is 298 g/mol. The van der Waals surface area contributed by atoms with Crippen molar-refractivity contribution in [2.24, 2.45) is 0 Å². The molecule has 1 N–H and O–H groups in total. The normalized spacial score (nSPS) is 9.95. The monoisotopic (exact) mass is 317 g/mol. The molecule has 0 aliphatic heterocycles. The van der Waals surface area contributed by atoms with Crippen LogP contribution in [0.15, 0.2) is 42.5 Å². The Morgan fingerprint density at radius 3 is 2.36 bits per heavy atom. The van der Waals surface area contributed by atoms with E-state index in [1.54, 1.807) is 21.3 Å². The fourth-order valence-electron chi connectivity index (χ4n) is 2.11. The van der Waals surface area contributed by atoms with E-state index in [0.717, 1.165) is 22.6 Å². The van der Waals surface area contributed by atoms with Crippen molar-refractivity contribution in [2.75, 3.05) is 21.3 Å². The first-order valence-electron chi connectivity index (χ1n) is 6.81. The predicted octanol–water partition coefficient (Wildman–Crippen LogP) is 3.18. The number of ether oxygens (including phenoxy) is 3. The smallest absolute Gasteiger partial charge is 0.129 e. The minimum Gasteiger partial charge on any atom is -0.497 e. The number of nitrogens with one attached hydrogen (secondary N) is 1. The van der Waals surface area contributed by atoms with Crippen molar-refractivity contribution >= 4 is 17.2 Å². The minimum atomic E-state index is 0.573. The minimum absolute atomic E-state index is 0.573. The highest BCUT2D eigenvalue weighted by Gasteiger charge is 2.11. The number of para-hydroxylation sites is 1. The molecule has 0 aliphatic rings. The van der Waals surface area contributed by atoms with Crippen LogP contribution in [0.4, 0.5) is 0 Å². The van der Waals surface area contributed by atoms with E-state index in [4.69, 9.17) is 26.4 Å². The summed E-state index contributed by atoms with van der Waals surface area (Å²) in [5.74, 6) is 2.27. The molecule has 0 saturated carbocycles. The highest BCUT2D eigenvalue weighted by molar-refractivity contribution is 7.80. The van der Waals surface area contributed by atoms with Gasteiger partial charge in [0.05, 0.1) is 26.9 Å². The van der Waals surface area contributed by atoms with E-state index in [2.05, 4.69) is 5.32 Å². The lowest BCUT2D eigenvalue weighted by Gasteiger charge is -2.14. The maximum absolute atomic E-state index is 5.47. The molecule has 0 unspecified atom stereocenters. The fraction of sp³-hybridized carbons (Fsp3) is 0.235. The van der Waals surface area contributed by atoms with Crippen LogP contribution in [0.3, 0.4) is 0 Å². The number of benzene rings is 2. The van der Waals surface area contributed by atoms with Crippen LogP contribution in [0.25, 0.3) is 0 Å². The SMILES string of the molecule is COc1ccc(OC)c(C(=S)NCc2ccccc2OC)c1. The summed E-state index contributed by atoms with van der Waals surface area (Å²) in [6, 6.07) is 13.4. The number of hydrogen-bond acceptors (Lipinski definition) is 4. The molecule has 2 aromatic carbocycles. The van der Waals surface area contributed by atoms with Crippen LogP contribution < -0.4 is 19.5 Å². The molecule has 2 aromatic rings. The second kappa shape index (κ2) is 7.66. The van der Waals surface area contributed by atoms with Crippen LogP contribution in [-0.2, 0) is 6.54 Å². The maximum Gasteiger partial charge on any atom is 0.129 e.